The number of amides is 1. The van der Waals surface area contributed by atoms with Gasteiger partial charge in [-0.2, -0.15) is 0 Å². The van der Waals surface area contributed by atoms with E-state index in [1.807, 2.05) is 0 Å². The van der Waals surface area contributed by atoms with E-state index in [9.17, 15) is 14.7 Å². The standard InChI is InChI=1S/C13H21NO5/c1-4-18-11(15)8-6-5-7-10-9-19-13(2,3)14(10)12(16)17/h6,8,10H,4-5,7,9H2,1-3H3,(H,16,17)/t10-/m1/s1. The normalized spacial score (nSPS) is 21.8. The zero-order valence-electron chi connectivity index (χ0n) is 11.6. The molecule has 1 N–H and O–H groups in total. The summed E-state index contributed by atoms with van der Waals surface area (Å²) in [6.45, 7) is 5.94. The lowest BCUT2D eigenvalue weighted by Gasteiger charge is -2.30. The number of hydrogen-bond donors (Lipinski definition) is 1. The van der Waals surface area contributed by atoms with Gasteiger partial charge in [-0.05, 0) is 33.6 Å². The zero-order valence-corrected chi connectivity index (χ0v) is 11.6. The van der Waals surface area contributed by atoms with E-state index < -0.39 is 11.8 Å². The first-order valence-electron chi connectivity index (χ1n) is 6.38. The van der Waals surface area contributed by atoms with Gasteiger partial charge in [0.15, 0.2) is 0 Å². The third-order valence-corrected chi connectivity index (χ3v) is 2.99. The number of rotatable bonds is 5. The molecule has 0 spiro atoms. The maximum absolute atomic E-state index is 11.2. The molecule has 0 aromatic heterocycles. The fraction of sp³-hybridized carbons (Fsp3) is 0.692. The van der Waals surface area contributed by atoms with Crippen molar-refractivity contribution in [3.05, 3.63) is 12.2 Å². The molecule has 1 heterocycles. The molecule has 0 aliphatic carbocycles. The van der Waals surface area contributed by atoms with Crippen molar-refractivity contribution in [3.63, 3.8) is 0 Å². The highest BCUT2D eigenvalue weighted by molar-refractivity contribution is 5.81. The monoisotopic (exact) mass is 271 g/mol. The molecule has 0 unspecified atom stereocenters. The van der Waals surface area contributed by atoms with Crippen LogP contribution in [-0.2, 0) is 14.3 Å². The van der Waals surface area contributed by atoms with Crippen LogP contribution in [0.2, 0.25) is 0 Å². The van der Waals surface area contributed by atoms with Crippen LogP contribution in [0.25, 0.3) is 0 Å². The Labute approximate surface area is 113 Å². The summed E-state index contributed by atoms with van der Waals surface area (Å²) in [4.78, 5) is 23.6. The Balaban J connectivity index is 2.45. The van der Waals surface area contributed by atoms with Gasteiger partial charge in [0.05, 0.1) is 19.3 Å². The number of carbonyl (C=O) groups is 2. The average molecular weight is 271 g/mol. The zero-order chi connectivity index (χ0) is 14.5. The predicted molar refractivity (Wildman–Crippen MR) is 68.7 cm³/mol. The fourth-order valence-electron chi connectivity index (χ4n) is 2.14. The summed E-state index contributed by atoms with van der Waals surface area (Å²) >= 11 is 0. The largest absolute Gasteiger partial charge is 0.465 e. The molecule has 1 rings (SSSR count). The lowest BCUT2D eigenvalue weighted by Crippen LogP contribution is -2.47. The number of carboxylic acid groups (broad SMARTS) is 1. The average Bonchev–Trinajstić information content (AvgIpc) is 2.60. The van der Waals surface area contributed by atoms with Crippen LogP contribution in [0.15, 0.2) is 12.2 Å². The molecule has 19 heavy (non-hydrogen) atoms. The molecule has 1 saturated heterocycles. The third kappa shape index (κ3) is 4.24. The van der Waals surface area contributed by atoms with E-state index in [-0.39, 0.29) is 12.0 Å². The molecule has 1 atom stereocenters. The molecule has 1 aliphatic rings. The van der Waals surface area contributed by atoms with Gasteiger partial charge in [0, 0.05) is 6.08 Å². The molecule has 0 aromatic carbocycles. The highest BCUT2D eigenvalue weighted by atomic mass is 16.5. The third-order valence-electron chi connectivity index (χ3n) is 2.99. The van der Waals surface area contributed by atoms with Crippen LogP contribution in [-0.4, -0.2) is 47.0 Å². The van der Waals surface area contributed by atoms with Gasteiger partial charge < -0.3 is 14.6 Å². The number of ether oxygens (including phenoxy) is 2. The van der Waals surface area contributed by atoms with Crippen molar-refractivity contribution in [2.75, 3.05) is 13.2 Å². The Bertz CT molecular complexity index is 364. The van der Waals surface area contributed by atoms with Crippen LogP contribution in [0.4, 0.5) is 4.79 Å². The SMILES string of the molecule is CCOC(=O)C=CCC[C@@H]1COC(C)(C)N1C(=O)O. The Morgan fingerprint density at radius 1 is 1.53 bits per heavy atom. The first-order valence-corrected chi connectivity index (χ1v) is 6.38. The van der Waals surface area contributed by atoms with Gasteiger partial charge in [0.25, 0.3) is 0 Å². The maximum Gasteiger partial charge on any atom is 0.409 e. The minimum atomic E-state index is -0.984. The second kappa shape index (κ2) is 6.56. The van der Waals surface area contributed by atoms with Crippen LogP contribution in [0.1, 0.15) is 33.6 Å². The van der Waals surface area contributed by atoms with Crippen LogP contribution in [0.3, 0.4) is 0 Å². The van der Waals surface area contributed by atoms with Gasteiger partial charge in [-0.3, -0.25) is 4.90 Å². The van der Waals surface area contributed by atoms with Crippen molar-refractivity contribution in [1.82, 2.24) is 4.90 Å². The number of nitrogens with zero attached hydrogens (tertiary/aromatic N) is 1. The second-order valence-corrected chi connectivity index (χ2v) is 4.80. The first-order chi connectivity index (χ1) is 8.88. The predicted octanol–water partition coefficient (Wildman–Crippen LogP) is 2.00. The Kier molecular flexibility index (Phi) is 5.35. The van der Waals surface area contributed by atoms with E-state index in [1.165, 1.54) is 11.0 Å². The molecule has 0 aromatic rings. The van der Waals surface area contributed by atoms with Crippen molar-refractivity contribution < 1.29 is 24.2 Å². The van der Waals surface area contributed by atoms with E-state index in [1.54, 1.807) is 26.8 Å². The quantitative estimate of drug-likeness (QED) is 0.611. The van der Waals surface area contributed by atoms with Crippen molar-refractivity contribution >= 4 is 12.1 Å². The molecule has 1 fully saturated rings. The Morgan fingerprint density at radius 2 is 2.21 bits per heavy atom. The summed E-state index contributed by atoms with van der Waals surface area (Å²) in [6, 6.07) is -0.181. The van der Waals surface area contributed by atoms with Crippen molar-refractivity contribution in [1.29, 1.82) is 0 Å². The van der Waals surface area contributed by atoms with Crippen molar-refractivity contribution in [3.8, 4) is 0 Å². The molecule has 6 heteroatoms. The fourth-order valence-corrected chi connectivity index (χ4v) is 2.14. The number of allylic oxidation sites excluding steroid dienone is 1. The highest BCUT2D eigenvalue weighted by Gasteiger charge is 2.43. The van der Waals surface area contributed by atoms with E-state index in [4.69, 9.17) is 9.47 Å². The maximum atomic E-state index is 11.2. The molecule has 0 bridgehead atoms. The van der Waals surface area contributed by atoms with Gasteiger partial charge >= 0.3 is 12.1 Å². The molecular formula is C13H21NO5. The highest BCUT2D eigenvalue weighted by Crippen LogP contribution is 2.29. The molecule has 1 aliphatic heterocycles. The summed E-state index contributed by atoms with van der Waals surface area (Å²) in [5.74, 6) is -0.374. The number of hydrogen-bond acceptors (Lipinski definition) is 4. The number of esters is 1. The smallest absolute Gasteiger partial charge is 0.409 e. The van der Waals surface area contributed by atoms with Gasteiger partial charge in [0.2, 0.25) is 0 Å². The van der Waals surface area contributed by atoms with E-state index in [0.717, 1.165) is 0 Å². The van der Waals surface area contributed by atoms with Crippen LogP contribution in [0.5, 0.6) is 0 Å². The Morgan fingerprint density at radius 3 is 2.79 bits per heavy atom. The Hall–Kier alpha value is -1.56. The minimum absolute atomic E-state index is 0.181. The lowest BCUT2D eigenvalue weighted by molar-refractivity contribution is -0.137. The molecule has 108 valence electrons. The summed E-state index contributed by atoms with van der Waals surface area (Å²) in [5, 5.41) is 9.19. The molecule has 0 saturated carbocycles. The first kappa shape index (κ1) is 15.5. The van der Waals surface area contributed by atoms with Gasteiger partial charge in [-0.15, -0.1) is 0 Å². The molecular weight excluding hydrogens is 250 g/mol. The number of carbonyl (C=O) groups excluding carboxylic acids is 1. The summed E-state index contributed by atoms with van der Waals surface area (Å²) < 4.78 is 10.2. The molecule has 6 nitrogen and oxygen atoms in total. The van der Waals surface area contributed by atoms with Crippen LogP contribution < -0.4 is 0 Å². The summed E-state index contributed by atoms with van der Waals surface area (Å²) in [6.07, 6.45) is 3.30. The molecule has 0 radical (unpaired) electrons. The van der Waals surface area contributed by atoms with Crippen LogP contribution >= 0.6 is 0 Å². The van der Waals surface area contributed by atoms with E-state index in [0.29, 0.717) is 26.1 Å². The lowest BCUT2D eigenvalue weighted by atomic mass is 10.1. The summed E-state index contributed by atoms with van der Waals surface area (Å²) in [5.41, 5.74) is -0.790. The van der Waals surface area contributed by atoms with Gasteiger partial charge in [0.1, 0.15) is 5.72 Å². The second-order valence-electron chi connectivity index (χ2n) is 4.80. The van der Waals surface area contributed by atoms with Crippen LogP contribution in [0, 0.1) is 0 Å². The molecule has 1 amide bonds. The minimum Gasteiger partial charge on any atom is -0.465 e. The summed E-state index contributed by atoms with van der Waals surface area (Å²) in [7, 11) is 0. The van der Waals surface area contributed by atoms with E-state index in [2.05, 4.69) is 0 Å². The van der Waals surface area contributed by atoms with Gasteiger partial charge in [-0.25, -0.2) is 9.59 Å². The van der Waals surface area contributed by atoms with Crippen molar-refractivity contribution in [2.24, 2.45) is 0 Å². The topological polar surface area (TPSA) is 76.1 Å². The van der Waals surface area contributed by atoms with Crippen molar-refractivity contribution in [2.45, 2.75) is 45.4 Å². The van der Waals surface area contributed by atoms with E-state index >= 15 is 0 Å². The van der Waals surface area contributed by atoms with Gasteiger partial charge in [-0.1, -0.05) is 6.08 Å².